The Bertz CT molecular complexity index is 335. The smallest absolute Gasteiger partial charge is 0.317 e. The third-order valence-corrected chi connectivity index (χ3v) is 2.39. The summed E-state index contributed by atoms with van der Waals surface area (Å²) in [5.41, 5.74) is 2.02. The van der Waals surface area contributed by atoms with E-state index in [-0.39, 0.29) is 13.1 Å². The predicted octanol–water partition coefficient (Wildman–Crippen LogP) is 0.957. The summed E-state index contributed by atoms with van der Waals surface area (Å²) in [6, 6.07) is 7.67. The number of rotatable bonds is 6. The van der Waals surface area contributed by atoms with Crippen LogP contribution in [-0.4, -0.2) is 29.3 Å². The van der Waals surface area contributed by atoms with Gasteiger partial charge in [-0.2, -0.15) is 0 Å². The van der Waals surface area contributed by atoms with Crippen LogP contribution in [0.1, 0.15) is 24.2 Å². The minimum absolute atomic E-state index is 0.135. The van der Waals surface area contributed by atoms with Crippen molar-refractivity contribution >= 4 is 5.97 Å². The number of carboxylic acid groups (broad SMARTS) is 1. The molecule has 88 valence electrons. The molecule has 0 aromatic heterocycles. The summed E-state index contributed by atoms with van der Waals surface area (Å²) >= 11 is 0. The van der Waals surface area contributed by atoms with E-state index in [2.05, 4.69) is 12.2 Å². The fourth-order valence-electron chi connectivity index (χ4n) is 1.41. The fourth-order valence-corrected chi connectivity index (χ4v) is 1.41. The maximum atomic E-state index is 10.3. The van der Waals surface area contributed by atoms with Gasteiger partial charge in [0.05, 0.1) is 12.6 Å². The van der Waals surface area contributed by atoms with Crippen LogP contribution in [0.2, 0.25) is 0 Å². The first-order valence-corrected chi connectivity index (χ1v) is 5.33. The molecule has 3 N–H and O–H groups in total. The molecule has 1 atom stereocenters. The van der Waals surface area contributed by atoms with Gasteiger partial charge in [-0.15, -0.1) is 0 Å². The molecule has 0 fully saturated rings. The molecule has 4 nitrogen and oxygen atoms in total. The van der Waals surface area contributed by atoms with Gasteiger partial charge in [0.25, 0.3) is 0 Å². The van der Waals surface area contributed by atoms with Gasteiger partial charge in [-0.1, -0.05) is 31.2 Å². The minimum Gasteiger partial charge on any atom is -0.480 e. The van der Waals surface area contributed by atoms with Crippen LogP contribution in [0.4, 0.5) is 0 Å². The Kier molecular flexibility index (Phi) is 4.95. The van der Waals surface area contributed by atoms with Crippen molar-refractivity contribution in [1.82, 2.24) is 5.32 Å². The Hall–Kier alpha value is -1.39. The van der Waals surface area contributed by atoms with E-state index in [1.54, 1.807) is 0 Å². The lowest BCUT2D eigenvalue weighted by atomic mass is 10.1. The Labute approximate surface area is 94.9 Å². The van der Waals surface area contributed by atoms with Gasteiger partial charge in [-0.05, 0) is 17.5 Å². The van der Waals surface area contributed by atoms with Crippen LogP contribution in [0, 0.1) is 0 Å². The van der Waals surface area contributed by atoms with E-state index in [1.165, 1.54) is 5.56 Å². The van der Waals surface area contributed by atoms with Crippen LogP contribution in [0.25, 0.3) is 0 Å². The second-order valence-corrected chi connectivity index (χ2v) is 3.64. The fraction of sp³-hybridized carbons (Fsp3) is 0.417. The number of carboxylic acids is 1. The third kappa shape index (κ3) is 4.00. The molecule has 0 heterocycles. The number of aliphatic hydroxyl groups is 1. The van der Waals surface area contributed by atoms with Crippen molar-refractivity contribution in [3.05, 3.63) is 35.4 Å². The molecule has 1 unspecified atom stereocenters. The summed E-state index contributed by atoms with van der Waals surface area (Å²) in [6.45, 7) is 2.18. The summed E-state index contributed by atoms with van der Waals surface area (Å²) in [5, 5.41) is 20.8. The molecule has 0 spiro atoms. The SMILES string of the molecule is CCc1ccc(C(O)CNCC(=O)O)cc1. The standard InChI is InChI=1S/C12H17NO3/c1-2-9-3-5-10(6-4-9)11(14)7-13-8-12(15)16/h3-6,11,13-14H,2,7-8H2,1H3,(H,15,16). The molecule has 0 amide bonds. The lowest BCUT2D eigenvalue weighted by Gasteiger charge is -2.11. The van der Waals surface area contributed by atoms with Gasteiger partial charge in [0.1, 0.15) is 0 Å². The molecule has 4 heteroatoms. The molecular formula is C12H17NO3. The van der Waals surface area contributed by atoms with E-state index < -0.39 is 12.1 Å². The minimum atomic E-state index is -0.923. The molecule has 0 aliphatic rings. The summed E-state index contributed by atoms with van der Waals surface area (Å²) in [5.74, 6) is -0.923. The maximum absolute atomic E-state index is 10.3. The number of aliphatic carboxylic acids is 1. The van der Waals surface area contributed by atoms with Crippen molar-refractivity contribution in [2.75, 3.05) is 13.1 Å². The molecule has 0 saturated carbocycles. The highest BCUT2D eigenvalue weighted by molar-refractivity contribution is 5.68. The number of nitrogens with one attached hydrogen (secondary N) is 1. The van der Waals surface area contributed by atoms with Crippen LogP contribution in [-0.2, 0) is 11.2 Å². The summed E-state index contributed by atoms with van der Waals surface area (Å²) in [4.78, 5) is 10.3. The highest BCUT2D eigenvalue weighted by Crippen LogP contribution is 2.13. The van der Waals surface area contributed by atoms with Crippen LogP contribution >= 0.6 is 0 Å². The lowest BCUT2D eigenvalue weighted by molar-refractivity contribution is -0.136. The molecule has 0 saturated heterocycles. The number of benzene rings is 1. The molecule has 0 radical (unpaired) electrons. The largest absolute Gasteiger partial charge is 0.480 e. The summed E-state index contributed by atoms with van der Waals surface area (Å²) in [7, 11) is 0. The van der Waals surface area contributed by atoms with Crippen molar-refractivity contribution in [3.63, 3.8) is 0 Å². The van der Waals surface area contributed by atoms with Crippen LogP contribution < -0.4 is 5.32 Å². The number of carbonyl (C=O) groups is 1. The van der Waals surface area contributed by atoms with Gasteiger partial charge in [0.2, 0.25) is 0 Å². The van der Waals surface area contributed by atoms with Crippen LogP contribution in [0.3, 0.4) is 0 Å². The van der Waals surface area contributed by atoms with Gasteiger partial charge in [0.15, 0.2) is 0 Å². The van der Waals surface area contributed by atoms with Crippen molar-refractivity contribution in [2.24, 2.45) is 0 Å². The number of aryl methyl sites for hydroxylation is 1. The van der Waals surface area contributed by atoms with E-state index in [0.717, 1.165) is 12.0 Å². The average Bonchev–Trinajstić information content (AvgIpc) is 2.28. The van der Waals surface area contributed by atoms with E-state index in [1.807, 2.05) is 24.3 Å². The predicted molar refractivity (Wildman–Crippen MR) is 61.3 cm³/mol. The second kappa shape index (κ2) is 6.25. The van der Waals surface area contributed by atoms with Crippen molar-refractivity contribution in [2.45, 2.75) is 19.4 Å². The number of hydrogen-bond acceptors (Lipinski definition) is 3. The molecule has 16 heavy (non-hydrogen) atoms. The molecule has 0 aliphatic carbocycles. The van der Waals surface area contributed by atoms with Crippen LogP contribution in [0.15, 0.2) is 24.3 Å². The van der Waals surface area contributed by atoms with Gasteiger partial charge in [-0.3, -0.25) is 4.79 Å². The van der Waals surface area contributed by atoms with Crippen LogP contribution in [0.5, 0.6) is 0 Å². The van der Waals surface area contributed by atoms with Gasteiger partial charge >= 0.3 is 5.97 Å². The highest BCUT2D eigenvalue weighted by atomic mass is 16.4. The monoisotopic (exact) mass is 223 g/mol. The molecule has 1 aromatic rings. The zero-order valence-corrected chi connectivity index (χ0v) is 9.31. The topological polar surface area (TPSA) is 69.6 Å². The normalized spacial score (nSPS) is 12.4. The van der Waals surface area contributed by atoms with E-state index >= 15 is 0 Å². The van der Waals surface area contributed by atoms with Crippen molar-refractivity contribution in [3.8, 4) is 0 Å². The molecule has 0 bridgehead atoms. The first-order valence-electron chi connectivity index (χ1n) is 5.33. The molecule has 0 aliphatic heterocycles. The Morgan fingerprint density at radius 3 is 2.50 bits per heavy atom. The van der Waals surface area contributed by atoms with Gasteiger partial charge < -0.3 is 15.5 Å². The van der Waals surface area contributed by atoms with Gasteiger partial charge in [0, 0.05) is 6.54 Å². The first-order chi connectivity index (χ1) is 7.63. The first kappa shape index (κ1) is 12.7. The molecular weight excluding hydrogens is 206 g/mol. The third-order valence-electron chi connectivity index (χ3n) is 2.39. The zero-order chi connectivity index (χ0) is 12.0. The second-order valence-electron chi connectivity index (χ2n) is 3.64. The van der Waals surface area contributed by atoms with E-state index in [4.69, 9.17) is 5.11 Å². The molecule has 1 rings (SSSR count). The Morgan fingerprint density at radius 2 is 2.00 bits per heavy atom. The van der Waals surface area contributed by atoms with E-state index in [9.17, 15) is 9.90 Å². The maximum Gasteiger partial charge on any atom is 0.317 e. The highest BCUT2D eigenvalue weighted by Gasteiger charge is 2.07. The van der Waals surface area contributed by atoms with Gasteiger partial charge in [-0.25, -0.2) is 0 Å². The number of aliphatic hydroxyl groups excluding tert-OH is 1. The Balaban J connectivity index is 2.45. The van der Waals surface area contributed by atoms with E-state index in [0.29, 0.717) is 0 Å². The lowest BCUT2D eigenvalue weighted by Crippen LogP contribution is -2.27. The van der Waals surface area contributed by atoms with Crippen molar-refractivity contribution in [1.29, 1.82) is 0 Å². The summed E-state index contributed by atoms with van der Waals surface area (Å²) < 4.78 is 0. The quantitative estimate of drug-likeness (QED) is 0.671. The zero-order valence-electron chi connectivity index (χ0n) is 9.31. The molecule has 1 aromatic carbocycles. The average molecular weight is 223 g/mol. The Morgan fingerprint density at radius 1 is 1.38 bits per heavy atom. The van der Waals surface area contributed by atoms with Crippen molar-refractivity contribution < 1.29 is 15.0 Å². The number of hydrogen-bond donors (Lipinski definition) is 3. The summed E-state index contributed by atoms with van der Waals surface area (Å²) in [6.07, 6.45) is 0.304.